The van der Waals surface area contributed by atoms with Crippen LogP contribution in [0.2, 0.25) is 0 Å². The minimum absolute atomic E-state index is 0.219. The molecular formula is C20H26FNO. The third-order valence-corrected chi connectivity index (χ3v) is 4.15. The van der Waals surface area contributed by atoms with Crippen molar-refractivity contribution < 1.29 is 9.50 Å². The molecule has 23 heavy (non-hydrogen) atoms. The van der Waals surface area contributed by atoms with Crippen molar-refractivity contribution >= 4 is 0 Å². The number of aliphatic hydroxyl groups excluding tert-OH is 1. The molecule has 0 bridgehead atoms. The molecule has 0 aromatic heterocycles. The Bertz CT molecular complexity index is 624. The summed E-state index contributed by atoms with van der Waals surface area (Å²) in [6.45, 7) is 8.28. The zero-order valence-electron chi connectivity index (χ0n) is 14.2. The van der Waals surface area contributed by atoms with E-state index in [1.54, 1.807) is 0 Å². The van der Waals surface area contributed by atoms with Crippen LogP contribution in [0.3, 0.4) is 0 Å². The minimum atomic E-state index is -0.346. The van der Waals surface area contributed by atoms with Crippen LogP contribution in [-0.4, -0.2) is 22.7 Å². The summed E-state index contributed by atoms with van der Waals surface area (Å²) in [5, 5.41) is 10.0. The topological polar surface area (TPSA) is 23.5 Å². The van der Waals surface area contributed by atoms with Crippen molar-refractivity contribution in [3.63, 3.8) is 0 Å². The molecule has 2 rings (SSSR count). The van der Waals surface area contributed by atoms with Crippen LogP contribution in [0.1, 0.15) is 35.6 Å². The Morgan fingerprint density at radius 3 is 2.35 bits per heavy atom. The van der Waals surface area contributed by atoms with Gasteiger partial charge in [-0.05, 0) is 49.1 Å². The highest BCUT2D eigenvalue weighted by Gasteiger charge is 2.13. The van der Waals surface area contributed by atoms with Crippen molar-refractivity contribution in [3.8, 4) is 0 Å². The number of aliphatic hydroxyl groups is 1. The van der Waals surface area contributed by atoms with Crippen molar-refractivity contribution in [1.29, 1.82) is 0 Å². The Balaban J connectivity index is 2.14. The zero-order chi connectivity index (χ0) is 16.8. The van der Waals surface area contributed by atoms with Crippen LogP contribution in [-0.2, 0) is 13.1 Å². The molecule has 2 aromatic carbocycles. The first-order valence-corrected chi connectivity index (χ1v) is 8.19. The Hall–Kier alpha value is -1.71. The fraction of sp³-hybridized carbons (Fsp3) is 0.400. The first-order chi connectivity index (χ1) is 11.0. The second kappa shape index (κ2) is 8.23. The molecule has 1 atom stereocenters. The van der Waals surface area contributed by atoms with Crippen LogP contribution in [0, 0.1) is 19.7 Å². The molecule has 0 amide bonds. The number of hydrogen-bond acceptors (Lipinski definition) is 2. The van der Waals surface area contributed by atoms with E-state index in [0.29, 0.717) is 13.1 Å². The largest absolute Gasteiger partial charge is 0.392 e. The SMILES string of the molecule is CC[C@H](O)CN(Cc1ccc(F)cc1)Cc1ccc(C)cc1C. The van der Waals surface area contributed by atoms with Crippen LogP contribution in [0.25, 0.3) is 0 Å². The van der Waals surface area contributed by atoms with E-state index in [9.17, 15) is 9.50 Å². The molecule has 3 heteroatoms. The lowest BCUT2D eigenvalue weighted by molar-refractivity contribution is 0.101. The molecule has 0 unspecified atom stereocenters. The molecule has 2 aromatic rings. The van der Waals surface area contributed by atoms with Gasteiger partial charge in [-0.25, -0.2) is 4.39 Å². The molecular weight excluding hydrogens is 289 g/mol. The van der Waals surface area contributed by atoms with E-state index in [4.69, 9.17) is 0 Å². The van der Waals surface area contributed by atoms with E-state index in [1.807, 2.05) is 19.1 Å². The maximum absolute atomic E-state index is 13.1. The van der Waals surface area contributed by atoms with Crippen LogP contribution in [0.5, 0.6) is 0 Å². The number of benzene rings is 2. The summed E-state index contributed by atoms with van der Waals surface area (Å²) in [5.74, 6) is -0.219. The fourth-order valence-corrected chi connectivity index (χ4v) is 2.72. The number of hydrogen-bond donors (Lipinski definition) is 1. The van der Waals surface area contributed by atoms with E-state index in [2.05, 4.69) is 36.9 Å². The average molecular weight is 315 g/mol. The number of aryl methyl sites for hydroxylation is 2. The third-order valence-electron chi connectivity index (χ3n) is 4.15. The van der Waals surface area contributed by atoms with Gasteiger partial charge in [0.25, 0.3) is 0 Å². The summed E-state index contributed by atoms with van der Waals surface area (Å²) in [6.07, 6.45) is 0.383. The van der Waals surface area contributed by atoms with Gasteiger partial charge in [0.2, 0.25) is 0 Å². The molecule has 124 valence electrons. The highest BCUT2D eigenvalue weighted by Crippen LogP contribution is 2.16. The number of rotatable bonds is 7. The Morgan fingerprint density at radius 1 is 1.04 bits per heavy atom. The van der Waals surface area contributed by atoms with Crippen molar-refractivity contribution in [2.75, 3.05) is 6.54 Å². The molecule has 0 aliphatic carbocycles. The number of nitrogens with zero attached hydrogens (tertiary/aromatic N) is 1. The lowest BCUT2D eigenvalue weighted by Gasteiger charge is -2.25. The summed E-state index contributed by atoms with van der Waals surface area (Å²) in [6, 6.07) is 13.0. The monoisotopic (exact) mass is 315 g/mol. The zero-order valence-corrected chi connectivity index (χ0v) is 14.2. The smallest absolute Gasteiger partial charge is 0.123 e. The summed E-state index contributed by atoms with van der Waals surface area (Å²) in [5.41, 5.74) is 4.84. The lowest BCUT2D eigenvalue weighted by Crippen LogP contribution is -2.31. The molecule has 0 aliphatic heterocycles. The maximum Gasteiger partial charge on any atom is 0.123 e. The van der Waals surface area contributed by atoms with Gasteiger partial charge in [0.05, 0.1) is 6.10 Å². The van der Waals surface area contributed by atoms with Gasteiger partial charge in [0.15, 0.2) is 0 Å². The number of halogens is 1. The second-order valence-electron chi connectivity index (χ2n) is 6.29. The van der Waals surface area contributed by atoms with Gasteiger partial charge in [0, 0.05) is 19.6 Å². The first-order valence-electron chi connectivity index (χ1n) is 8.19. The third kappa shape index (κ3) is 5.45. The minimum Gasteiger partial charge on any atom is -0.392 e. The van der Waals surface area contributed by atoms with E-state index in [-0.39, 0.29) is 11.9 Å². The predicted molar refractivity (Wildman–Crippen MR) is 92.7 cm³/mol. The van der Waals surface area contributed by atoms with Gasteiger partial charge in [0.1, 0.15) is 5.82 Å². The summed E-state index contributed by atoms with van der Waals surface area (Å²) < 4.78 is 13.1. The lowest BCUT2D eigenvalue weighted by atomic mass is 10.0. The maximum atomic E-state index is 13.1. The molecule has 0 radical (unpaired) electrons. The summed E-state index contributed by atoms with van der Waals surface area (Å²) >= 11 is 0. The summed E-state index contributed by atoms with van der Waals surface area (Å²) in [7, 11) is 0. The van der Waals surface area contributed by atoms with Crippen molar-refractivity contribution in [3.05, 3.63) is 70.5 Å². The highest BCUT2D eigenvalue weighted by molar-refractivity contribution is 5.30. The average Bonchev–Trinajstić information content (AvgIpc) is 2.52. The van der Waals surface area contributed by atoms with Gasteiger partial charge < -0.3 is 5.11 Å². The van der Waals surface area contributed by atoms with Crippen LogP contribution >= 0.6 is 0 Å². The Morgan fingerprint density at radius 2 is 1.74 bits per heavy atom. The fourth-order valence-electron chi connectivity index (χ4n) is 2.72. The van der Waals surface area contributed by atoms with Crippen LogP contribution in [0.15, 0.2) is 42.5 Å². The highest BCUT2D eigenvalue weighted by atomic mass is 19.1. The Kier molecular flexibility index (Phi) is 6.31. The van der Waals surface area contributed by atoms with Crippen LogP contribution in [0.4, 0.5) is 4.39 Å². The normalized spacial score (nSPS) is 12.6. The molecule has 0 saturated carbocycles. The van der Waals surface area contributed by atoms with Gasteiger partial charge in [-0.2, -0.15) is 0 Å². The molecule has 0 fully saturated rings. The van der Waals surface area contributed by atoms with Crippen molar-refractivity contribution in [2.24, 2.45) is 0 Å². The molecule has 1 N–H and O–H groups in total. The molecule has 0 saturated heterocycles. The summed E-state index contributed by atoms with van der Waals surface area (Å²) in [4.78, 5) is 2.22. The van der Waals surface area contributed by atoms with E-state index in [1.165, 1.54) is 28.8 Å². The second-order valence-corrected chi connectivity index (χ2v) is 6.29. The standard InChI is InChI=1S/C20H26FNO/c1-4-20(23)14-22(12-17-6-9-19(21)10-7-17)13-18-8-5-15(2)11-16(18)3/h5-11,20,23H,4,12-14H2,1-3H3/t20-/m0/s1. The van der Waals surface area contributed by atoms with Gasteiger partial charge in [-0.1, -0.05) is 42.8 Å². The van der Waals surface area contributed by atoms with Crippen molar-refractivity contribution in [1.82, 2.24) is 4.90 Å². The van der Waals surface area contributed by atoms with Crippen molar-refractivity contribution in [2.45, 2.75) is 46.4 Å². The van der Waals surface area contributed by atoms with E-state index < -0.39 is 0 Å². The quantitative estimate of drug-likeness (QED) is 0.827. The molecule has 0 heterocycles. The molecule has 2 nitrogen and oxygen atoms in total. The van der Waals surface area contributed by atoms with E-state index in [0.717, 1.165) is 18.5 Å². The molecule has 0 spiro atoms. The predicted octanol–water partition coefficient (Wildman–Crippen LogP) is 4.22. The molecule has 0 aliphatic rings. The van der Waals surface area contributed by atoms with Gasteiger partial charge in [-0.15, -0.1) is 0 Å². The van der Waals surface area contributed by atoms with Gasteiger partial charge in [-0.3, -0.25) is 4.90 Å². The van der Waals surface area contributed by atoms with E-state index >= 15 is 0 Å². The van der Waals surface area contributed by atoms with Gasteiger partial charge >= 0.3 is 0 Å². The first kappa shape index (κ1) is 17.6. The van der Waals surface area contributed by atoms with Crippen LogP contribution < -0.4 is 0 Å². The Labute approximate surface area is 138 Å².